The largest absolute Gasteiger partial charge is 0.271 e. The molecule has 1 aromatic heterocycles. The molecule has 0 unspecified atom stereocenters. The molecule has 1 N–H and O–H groups in total. The number of hydrogen-bond donors (Lipinski definition) is 1. The van der Waals surface area contributed by atoms with Gasteiger partial charge in [0.15, 0.2) is 0 Å². The van der Waals surface area contributed by atoms with E-state index in [-0.39, 0.29) is 16.3 Å². The van der Waals surface area contributed by atoms with E-state index in [9.17, 15) is 16.8 Å². The first-order chi connectivity index (χ1) is 11.5. The molecule has 0 radical (unpaired) electrons. The van der Waals surface area contributed by atoms with E-state index >= 15 is 0 Å². The number of aryl methyl sites for hydroxylation is 2. The Morgan fingerprint density at radius 2 is 1.72 bits per heavy atom. The molecule has 0 saturated carbocycles. The lowest BCUT2D eigenvalue weighted by molar-refractivity contribution is 0.519. The second kappa shape index (κ2) is 6.87. The van der Waals surface area contributed by atoms with Gasteiger partial charge in [0.1, 0.15) is 4.90 Å². The Hall–Kier alpha value is -1.75. The summed E-state index contributed by atoms with van der Waals surface area (Å²) in [6.07, 6.45) is 0. The van der Waals surface area contributed by atoms with E-state index in [0.717, 1.165) is 4.31 Å². The van der Waals surface area contributed by atoms with Crippen LogP contribution in [0.2, 0.25) is 0 Å². The summed E-state index contributed by atoms with van der Waals surface area (Å²) in [5, 5.41) is 4.11. The molecule has 2 rings (SSSR count). The van der Waals surface area contributed by atoms with Gasteiger partial charge in [-0.2, -0.15) is 5.10 Å². The van der Waals surface area contributed by atoms with Crippen LogP contribution in [0.15, 0.2) is 34.1 Å². The monoisotopic (exact) mass is 386 g/mol. The predicted octanol–water partition coefficient (Wildman–Crippen LogP) is 0.766. The van der Waals surface area contributed by atoms with Gasteiger partial charge >= 0.3 is 0 Å². The highest BCUT2D eigenvalue weighted by molar-refractivity contribution is 7.89. The van der Waals surface area contributed by atoms with Crippen LogP contribution in [0.4, 0.5) is 0 Å². The second-order valence-electron chi connectivity index (χ2n) is 5.84. The lowest BCUT2D eigenvalue weighted by Gasteiger charge is -2.15. The molecule has 1 aromatic carbocycles. The fourth-order valence-electron chi connectivity index (χ4n) is 2.49. The maximum atomic E-state index is 12.6. The lowest BCUT2D eigenvalue weighted by atomic mass is 10.2. The maximum absolute atomic E-state index is 12.6. The van der Waals surface area contributed by atoms with Crippen LogP contribution in [0.5, 0.6) is 0 Å². The van der Waals surface area contributed by atoms with Crippen molar-refractivity contribution in [3.8, 4) is 0 Å². The van der Waals surface area contributed by atoms with Gasteiger partial charge in [0.05, 0.1) is 16.3 Å². The number of hydrogen-bond acceptors (Lipinski definition) is 5. The van der Waals surface area contributed by atoms with E-state index in [4.69, 9.17) is 0 Å². The minimum absolute atomic E-state index is 0.0716. The van der Waals surface area contributed by atoms with Crippen molar-refractivity contribution < 1.29 is 16.8 Å². The number of rotatable bonds is 6. The van der Waals surface area contributed by atoms with E-state index in [2.05, 4.69) is 9.82 Å². The summed E-state index contributed by atoms with van der Waals surface area (Å²) >= 11 is 0. The van der Waals surface area contributed by atoms with Crippen molar-refractivity contribution in [3.63, 3.8) is 0 Å². The molecule has 1 heterocycles. The fourth-order valence-corrected chi connectivity index (χ4v) is 5.04. The van der Waals surface area contributed by atoms with Gasteiger partial charge in [0.25, 0.3) is 0 Å². The van der Waals surface area contributed by atoms with E-state index in [1.54, 1.807) is 39.1 Å². The van der Waals surface area contributed by atoms with Crippen molar-refractivity contribution in [2.24, 2.45) is 7.05 Å². The average Bonchev–Trinajstić information content (AvgIpc) is 2.78. The molecule has 0 saturated heterocycles. The number of benzene rings is 1. The van der Waals surface area contributed by atoms with E-state index < -0.39 is 20.0 Å². The number of nitrogens with zero attached hydrogens (tertiary/aromatic N) is 3. The maximum Gasteiger partial charge on any atom is 0.244 e. The topological polar surface area (TPSA) is 101 Å². The Bertz CT molecular complexity index is 993. The molecule has 0 spiro atoms. The first-order valence-electron chi connectivity index (χ1n) is 7.48. The molecule has 0 aliphatic rings. The number of nitrogens with one attached hydrogen (secondary N) is 1. The molecule has 8 nitrogen and oxygen atoms in total. The third-order valence-electron chi connectivity index (χ3n) is 3.90. The highest BCUT2D eigenvalue weighted by Gasteiger charge is 2.25. The summed E-state index contributed by atoms with van der Waals surface area (Å²) in [7, 11) is -2.97. The van der Waals surface area contributed by atoms with Crippen molar-refractivity contribution >= 4 is 20.0 Å². The first-order valence-corrected chi connectivity index (χ1v) is 10.4. The van der Waals surface area contributed by atoms with Crippen LogP contribution in [0.1, 0.15) is 17.0 Å². The second-order valence-corrected chi connectivity index (χ2v) is 9.67. The van der Waals surface area contributed by atoms with Crippen molar-refractivity contribution in [3.05, 3.63) is 41.2 Å². The molecule has 0 fully saturated rings. The summed E-state index contributed by atoms with van der Waals surface area (Å²) in [5.41, 5.74) is 1.28. The first kappa shape index (κ1) is 19.6. The van der Waals surface area contributed by atoms with Gasteiger partial charge < -0.3 is 0 Å². The Kier molecular flexibility index (Phi) is 5.38. The summed E-state index contributed by atoms with van der Waals surface area (Å²) in [6, 6.07) is 6.31. The molecule has 2 aromatic rings. The van der Waals surface area contributed by atoms with Crippen LogP contribution < -0.4 is 4.72 Å². The van der Waals surface area contributed by atoms with E-state index in [1.165, 1.54) is 24.8 Å². The SMILES string of the molecule is Cc1nn(C)c(C)c1S(=O)(=O)NCc1ccccc1S(=O)(=O)N(C)C. The van der Waals surface area contributed by atoms with Gasteiger partial charge in [0.2, 0.25) is 20.0 Å². The predicted molar refractivity (Wildman–Crippen MR) is 94.0 cm³/mol. The third-order valence-corrected chi connectivity index (χ3v) is 7.46. The minimum atomic E-state index is -3.82. The van der Waals surface area contributed by atoms with Gasteiger partial charge in [-0.05, 0) is 25.5 Å². The molecule has 10 heteroatoms. The van der Waals surface area contributed by atoms with Crippen LogP contribution in [0.25, 0.3) is 0 Å². The minimum Gasteiger partial charge on any atom is -0.271 e. The molecule has 0 bridgehead atoms. The molecular weight excluding hydrogens is 364 g/mol. The highest BCUT2D eigenvalue weighted by atomic mass is 32.2. The molecule has 25 heavy (non-hydrogen) atoms. The quantitative estimate of drug-likeness (QED) is 0.790. The van der Waals surface area contributed by atoms with Crippen molar-refractivity contribution in [2.45, 2.75) is 30.2 Å². The van der Waals surface area contributed by atoms with Crippen molar-refractivity contribution in [1.82, 2.24) is 18.8 Å². The smallest absolute Gasteiger partial charge is 0.244 e. The zero-order valence-electron chi connectivity index (χ0n) is 14.8. The Morgan fingerprint density at radius 1 is 1.12 bits per heavy atom. The average molecular weight is 386 g/mol. The van der Waals surface area contributed by atoms with Crippen LogP contribution in [-0.2, 0) is 33.6 Å². The molecule has 138 valence electrons. The van der Waals surface area contributed by atoms with Gasteiger partial charge in [-0.25, -0.2) is 25.9 Å². The number of sulfonamides is 2. The normalized spacial score (nSPS) is 12.7. The van der Waals surface area contributed by atoms with Crippen molar-refractivity contribution in [2.75, 3.05) is 14.1 Å². The zero-order chi connectivity index (χ0) is 19.0. The Balaban J connectivity index is 2.37. The van der Waals surface area contributed by atoms with E-state index in [1.807, 2.05) is 0 Å². The van der Waals surface area contributed by atoms with Crippen molar-refractivity contribution in [1.29, 1.82) is 0 Å². The van der Waals surface area contributed by atoms with Crippen LogP contribution in [0, 0.1) is 13.8 Å². The lowest BCUT2D eigenvalue weighted by Crippen LogP contribution is -2.27. The summed E-state index contributed by atoms with van der Waals surface area (Å²) in [5.74, 6) is 0. The van der Waals surface area contributed by atoms with Crippen LogP contribution in [-0.4, -0.2) is 45.0 Å². The van der Waals surface area contributed by atoms with Crippen LogP contribution >= 0.6 is 0 Å². The molecule has 0 amide bonds. The molecular formula is C15H22N4O4S2. The fraction of sp³-hybridized carbons (Fsp3) is 0.400. The van der Waals surface area contributed by atoms with Gasteiger partial charge in [0, 0.05) is 27.7 Å². The Morgan fingerprint density at radius 3 is 2.24 bits per heavy atom. The van der Waals surface area contributed by atoms with Gasteiger partial charge in [-0.3, -0.25) is 4.68 Å². The summed E-state index contributed by atoms with van der Waals surface area (Å²) in [4.78, 5) is 0.185. The standard InChI is InChI=1S/C15H22N4O4S2/c1-11-15(12(2)19(5)17-11)24(20,21)16-10-13-8-6-7-9-14(13)25(22,23)18(3)4/h6-9,16H,10H2,1-5H3. The van der Waals surface area contributed by atoms with E-state index in [0.29, 0.717) is 17.0 Å². The Labute approximate surface area is 148 Å². The number of aromatic nitrogens is 2. The third kappa shape index (κ3) is 3.76. The van der Waals surface area contributed by atoms with Crippen LogP contribution in [0.3, 0.4) is 0 Å². The summed E-state index contributed by atoms with van der Waals surface area (Å²) < 4.78 is 55.1. The molecule has 0 atom stereocenters. The molecule has 0 aliphatic heterocycles. The zero-order valence-corrected chi connectivity index (χ0v) is 16.4. The van der Waals surface area contributed by atoms with Gasteiger partial charge in [-0.1, -0.05) is 18.2 Å². The molecule has 0 aliphatic carbocycles. The summed E-state index contributed by atoms with van der Waals surface area (Å²) in [6.45, 7) is 3.14. The van der Waals surface area contributed by atoms with Gasteiger partial charge in [-0.15, -0.1) is 0 Å². The highest BCUT2D eigenvalue weighted by Crippen LogP contribution is 2.21.